The summed E-state index contributed by atoms with van der Waals surface area (Å²) < 4.78 is 5.35. The average molecular weight is 370 g/mol. The van der Waals surface area contributed by atoms with Crippen molar-refractivity contribution in [3.05, 3.63) is 0 Å². The maximum absolute atomic E-state index is 11.9. The van der Waals surface area contributed by atoms with E-state index < -0.39 is 5.41 Å². The summed E-state index contributed by atoms with van der Waals surface area (Å²) in [5.41, 5.74) is -0.590. The van der Waals surface area contributed by atoms with E-state index in [0.29, 0.717) is 19.0 Å². The van der Waals surface area contributed by atoms with Crippen molar-refractivity contribution in [2.75, 3.05) is 73.6 Å². The third kappa shape index (κ3) is 8.01. The van der Waals surface area contributed by atoms with Gasteiger partial charge in [-0.05, 0) is 13.8 Å². The van der Waals surface area contributed by atoms with Crippen molar-refractivity contribution < 1.29 is 14.3 Å². The van der Waals surface area contributed by atoms with Crippen LogP contribution in [0.25, 0.3) is 0 Å². The van der Waals surface area contributed by atoms with Gasteiger partial charge in [-0.2, -0.15) is 0 Å². The molecule has 0 aromatic rings. The Bertz CT molecular complexity index is 487. The smallest absolute Gasteiger partial charge is 0.243 e. The quantitative estimate of drug-likeness (QED) is 0.363. The lowest BCUT2D eigenvalue weighted by atomic mass is 9.92. The van der Waals surface area contributed by atoms with E-state index in [1.807, 2.05) is 13.8 Å². The van der Waals surface area contributed by atoms with E-state index >= 15 is 0 Å². The van der Waals surface area contributed by atoms with E-state index in [4.69, 9.17) is 4.74 Å². The first-order chi connectivity index (χ1) is 12.3. The van der Waals surface area contributed by atoms with Gasteiger partial charge in [-0.3, -0.25) is 14.5 Å². The molecule has 9 heteroatoms. The summed E-state index contributed by atoms with van der Waals surface area (Å²) in [5.74, 6) is 0.400. The molecule has 0 aliphatic carbocycles. The molecule has 1 aliphatic rings. The zero-order valence-corrected chi connectivity index (χ0v) is 16.7. The first kappa shape index (κ1) is 22.2. The minimum absolute atomic E-state index is 0.0537. The van der Waals surface area contributed by atoms with Gasteiger partial charge in [-0.25, -0.2) is 4.99 Å². The van der Waals surface area contributed by atoms with Gasteiger partial charge >= 0.3 is 0 Å². The predicted octanol–water partition coefficient (Wildman–Crippen LogP) is -1.29. The van der Waals surface area contributed by atoms with E-state index in [1.165, 1.54) is 4.90 Å². The van der Waals surface area contributed by atoms with Gasteiger partial charge < -0.3 is 25.6 Å². The first-order valence-electron chi connectivity index (χ1n) is 9.01. The molecule has 2 amide bonds. The van der Waals surface area contributed by atoms with Crippen molar-refractivity contribution in [2.45, 2.75) is 13.8 Å². The Labute approximate surface area is 156 Å². The highest BCUT2D eigenvalue weighted by Gasteiger charge is 2.26. The topological polar surface area (TPSA) is 98.3 Å². The van der Waals surface area contributed by atoms with Crippen LogP contribution in [0.3, 0.4) is 0 Å². The molecule has 1 heterocycles. The van der Waals surface area contributed by atoms with Crippen LogP contribution >= 0.6 is 0 Å². The molecule has 0 saturated carbocycles. The van der Waals surface area contributed by atoms with Gasteiger partial charge in [0.15, 0.2) is 5.96 Å². The molecule has 0 radical (unpaired) electrons. The van der Waals surface area contributed by atoms with E-state index in [9.17, 15) is 9.59 Å². The van der Waals surface area contributed by atoms with Crippen molar-refractivity contribution in [1.29, 1.82) is 0 Å². The Morgan fingerprint density at radius 2 is 1.85 bits per heavy atom. The number of hydrogen-bond donors (Lipinski definition) is 3. The molecular weight excluding hydrogens is 336 g/mol. The van der Waals surface area contributed by atoms with Crippen LogP contribution in [-0.4, -0.2) is 101 Å². The molecule has 0 unspecified atom stereocenters. The number of morpholine rings is 1. The van der Waals surface area contributed by atoms with Crippen LogP contribution in [0, 0.1) is 5.41 Å². The second-order valence-corrected chi connectivity index (χ2v) is 7.15. The summed E-state index contributed by atoms with van der Waals surface area (Å²) in [6.45, 7) is 9.10. The van der Waals surface area contributed by atoms with E-state index in [2.05, 4.69) is 25.8 Å². The minimum atomic E-state index is -0.590. The third-order valence-electron chi connectivity index (χ3n) is 4.23. The number of carbonyl (C=O) groups is 2. The van der Waals surface area contributed by atoms with Gasteiger partial charge in [0.05, 0.1) is 18.6 Å². The molecule has 3 N–H and O–H groups in total. The zero-order valence-electron chi connectivity index (χ0n) is 16.7. The standard InChI is InChI=1S/C17H34N6O3/c1-17(2,15(25)18-3)13-21-16(20-12-14(24)22(4)5)19-6-7-23-8-10-26-11-9-23/h6-13H2,1-5H3,(H,18,25)(H2,19,20,21). The minimum Gasteiger partial charge on any atom is -0.379 e. The van der Waals surface area contributed by atoms with Crippen LogP contribution in [0.5, 0.6) is 0 Å². The van der Waals surface area contributed by atoms with Gasteiger partial charge in [0.25, 0.3) is 0 Å². The first-order valence-corrected chi connectivity index (χ1v) is 9.01. The highest BCUT2D eigenvalue weighted by molar-refractivity contribution is 5.86. The number of likely N-dealkylation sites (N-methyl/N-ethyl adjacent to an activating group) is 1. The normalized spacial score (nSPS) is 16.1. The van der Waals surface area contributed by atoms with E-state index in [-0.39, 0.29) is 18.4 Å². The Kier molecular flexibility index (Phi) is 9.36. The highest BCUT2D eigenvalue weighted by atomic mass is 16.5. The summed E-state index contributed by atoms with van der Waals surface area (Å²) in [6, 6.07) is 0. The molecule has 1 aliphatic heterocycles. The van der Waals surface area contributed by atoms with Crippen LogP contribution in [0.2, 0.25) is 0 Å². The Balaban J connectivity index is 2.58. The number of hydrogen-bond acceptors (Lipinski definition) is 5. The second kappa shape index (κ2) is 11.0. The van der Waals surface area contributed by atoms with Crippen molar-refractivity contribution in [3.8, 4) is 0 Å². The van der Waals surface area contributed by atoms with E-state index in [0.717, 1.165) is 32.8 Å². The molecule has 26 heavy (non-hydrogen) atoms. The van der Waals surface area contributed by atoms with Gasteiger partial charge in [0.2, 0.25) is 11.8 Å². The molecule has 0 bridgehead atoms. The molecular formula is C17H34N6O3. The number of guanidine groups is 1. The fraction of sp³-hybridized carbons (Fsp3) is 0.824. The second-order valence-electron chi connectivity index (χ2n) is 7.15. The number of rotatable bonds is 8. The largest absolute Gasteiger partial charge is 0.379 e. The lowest BCUT2D eigenvalue weighted by Gasteiger charge is -2.27. The Morgan fingerprint density at radius 1 is 1.19 bits per heavy atom. The summed E-state index contributed by atoms with van der Waals surface area (Å²) in [4.78, 5) is 31.9. The summed E-state index contributed by atoms with van der Waals surface area (Å²) in [5, 5.41) is 9.08. The fourth-order valence-corrected chi connectivity index (χ4v) is 2.34. The number of nitrogens with one attached hydrogen (secondary N) is 3. The number of ether oxygens (including phenoxy) is 1. The average Bonchev–Trinajstić information content (AvgIpc) is 2.63. The molecule has 150 valence electrons. The van der Waals surface area contributed by atoms with Gasteiger partial charge in [0.1, 0.15) is 6.54 Å². The number of nitrogens with zero attached hydrogens (tertiary/aromatic N) is 3. The number of carbonyl (C=O) groups excluding carboxylic acids is 2. The molecule has 0 spiro atoms. The lowest BCUT2D eigenvalue weighted by molar-refractivity contribution is -0.128. The van der Waals surface area contributed by atoms with Crippen LogP contribution in [0.4, 0.5) is 0 Å². The van der Waals surface area contributed by atoms with Gasteiger partial charge in [0, 0.05) is 53.9 Å². The fourth-order valence-electron chi connectivity index (χ4n) is 2.34. The molecule has 1 saturated heterocycles. The molecule has 9 nitrogen and oxygen atoms in total. The zero-order chi connectivity index (χ0) is 19.6. The number of amides is 2. The Morgan fingerprint density at radius 3 is 2.42 bits per heavy atom. The summed E-state index contributed by atoms with van der Waals surface area (Å²) >= 11 is 0. The number of aliphatic imine (C=N–C) groups is 1. The van der Waals surface area contributed by atoms with Crippen LogP contribution < -0.4 is 16.0 Å². The van der Waals surface area contributed by atoms with Crippen molar-refractivity contribution in [1.82, 2.24) is 25.8 Å². The van der Waals surface area contributed by atoms with Gasteiger partial charge in [-0.15, -0.1) is 0 Å². The summed E-state index contributed by atoms with van der Waals surface area (Å²) in [7, 11) is 5.02. The molecule has 0 aromatic carbocycles. The summed E-state index contributed by atoms with van der Waals surface area (Å²) in [6.07, 6.45) is 0. The maximum Gasteiger partial charge on any atom is 0.243 e. The van der Waals surface area contributed by atoms with Crippen LogP contribution in [-0.2, 0) is 14.3 Å². The van der Waals surface area contributed by atoms with Crippen molar-refractivity contribution >= 4 is 17.8 Å². The third-order valence-corrected chi connectivity index (χ3v) is 4.23. The van der Waals surface area contributed by atoms with Crippen LogP contribution in [0.15, 0.2) is 4.99 Å². The molecule has 1 rings (SSSR count). The lowest BCUT2D eigenvalue weighted by Crippen LogP contribution is -2.49. The van der Waals surface area contributed by atoms with E-state index in [1.54, 1.807) is 21.1 Å². The van der Waals surface area contributed by atoms with Crippen molar-refractivity contribution in [2.24, 2.45) is 10.4 Å². The predicted molar refractivity (Wildman–Crippen MR) is 102 cm³/mol. The monoisotopic (exact) mass is 370 g/mol. The SMILES string of the molecule is CNC(=O)C(C)(C)CNC(=NCC(=O)N(C)C)NCCN1CCOCC1. The maximum atomic E-state index is 11.9. The highest BCUT2D eigenvalue weighted by Crippen LogP contribution is 2.12. The van der Waals surface area contributed by atoms with Gasteiger partial charge in [-0.1, -0.05) is 0 Å². The molecule has 1 fully saturated rings. The van der Waals surface area contributed by atoms with Crippen molar-refractivity contribution in [3.63, 3.8) is 0 Å². The van der Waals surface area contributed by atoms with Crippen LogP contribution in [0.1, 0.15) is 13.8 Å². The molecule has 0 aromatic heterocycles. The Hall–Kier alpha value is -1.87. The molecule has 0 atom stereocenters.